The predicted octanol–water partition coefficient (Wildman–Crippen LogP) is 1.77. The molecule has 0 saturated carbocycles. The van der Waals surface area contributed by atoms with Crippen molar-refractivity contribution in [2.45, 2.75) is 23.8 Å². The summed E-state index contributed by atoms with van der Waals surface area (Å²) in [5.41, 5.74) is -1.95. The van der Waals surface area contributed by atoms with E-state index < -0.39 is 11.6 Å². The minimum absolute atomic E-state index is 0.239. The van der Waals surface area contributed by atoms with Gasteiger partial charge in [0.25, 0.3) is 0 Å². The van der Waals surface area contributed by atoms with Gasteiger partial charge in [0, 0.05) is 22.1 Å². The first kappa shape index (κ1) is 16.8. The number of aliphatic carboxylic acids is 1. The molecule has 1 unspecified atom stereocenters. The predicted molar refractivity (Wildman–Crippen MR) is 78.1 cm³/mol. The first-order valence-corrected chi connectivity index (χ1v) is 7.28. The van der Waals surface area contributed by atoms with E-state index in [0.29, 0.717) is 10.8 Å². The highest BCUT2D eigenvalue weighted by molar-refractivity contribution is 7.99. The van der Waals surface area contributed by atoms with Crippen molar-refractivity contribution in [3.8, 4) is 0 Å². The molecule has 0 spiro atoms. The fraction of sp³-hybridized carbons (Fsp3) is 0.385. The fourth-order valence-electron chi connectivity index (χ4n) is 1.23. The summed E-state index contributed by atoms with van der Waals surface area (Å²) in [6, 6.07) is 7.27. The third-order valence-corrected chi connectivity index (χ3v) is 3.77. The van der Waals surface area contributed by atoms with Crippen LogP contribution in [-0.2, 0) is 9.59 Å². The minimum Gasteiger partial charge on any atom is -0.479 e. The van der Waals surface area contributed by atoms with Crippen molar-refractivity contribution >= 4 is 35.2 Å². The van der Waals surface area contributed by atoms with Gasteiger partial charge in [-0.05, 0) is 31.2 Å². The third-order valence-electron chi connectivity index (χ3n) is 2.50. The van der Waals surface area contributed by atoms with Crippen LogP contribution < -0.4 is 5.32 Å². The lowest BCUT2D eigenvalue weighted by atomic mass is 10.1. The van der Waals surface area contributed by atoms with E-state index in [1.165, 1.54) is 11.8 Å². The lowest BCUT2D eigenvalue weighted by Crippen LogP contribution is -2.46. The number of carbonyl (C=O) groups excluding carboxylic acids is 1. The Bertz CT molecular complexity index is 476. The maximum Gasteiger partial charge on any atom is 0.337 e. The van der Waals surface area contributed by atoms with Crippen molar-refractivity contribution < 1.29 is 19.8 Å². The minimum atomic E-state index is -1.95. The number of rotatable bonds is 7. The molecular formula is C13H16ClNO4S. The van der Waals surface area contributed by atoms with Crippen molar-refractivity contribution in [3.05, 3.63) is 29.3 Å². The Morgan fingerprint density at radius 2 is 1.95 bits per heavy atom. The van der Waals surface area contributed by atoms with Gasteiger partial charge in [0.2, 0.25) is 5.91 Å². The first-order chi connectivity index (χ1) is 9.31. The molecule has 5 nitrogen and oxygen atoms in total. The van der Waals surface area contributed by atoms with Crippen LogP contribution in [0.1, 0.15) is 13.3 Å². The second-order valence-electron chi connectivity index (χ2n) is 4.41. The van der Waals surface area contributed by atoms with Gasteiger partial charge in [0.1, 0.15) is 0 Å². The molecule has 0 radical (unpaired) electrons. The van der Waals surface area contributed by atoms with Crippen LogP contribution in [0.15, 0.2) is 29.2 Å². The molecule has 0 aliphatic rings. The quantitative estimate of drug-likeness (QED) is 0.667. The highest BCUT2D eigenvalue weighted by atomic mass is 35.5. The smallest absolute Gasteiger partial charge is 0.337 e. The Hall–Kier alpha value is -1.24. The number of hydrogen-bond acceptors (Lipinski definition) is 4. The molecule has 0 aliphatic heterocycles. The molecule has 0 saturated heterocycles. The number of halogens is 1. The molecule has 0 fully saturated rings. The summed E-state index contributed by atoms with van der Waals surface area (Å²) in [7, 11) is 0. The lowest BCUT2D eigenvalue weighted by Gasteiger charge is -2.18. The summed E-state index contributed by atoms with van der Waals surface area (Å²) in [6.07, 6.45) is 0.239. The SMILES string of the molecule is CC(O)(CNC(=O)CCSc1ccc(Cl)cc1)C(=O)O. The van der Waals surface area contributed by atoms with Crippen LogP contribution in [0.3, 0.4) is 0 Å². The van der Waals surface area contributed by atoms with Gasteiger partial charge in [0.05, 0.1) is 6.54 Å². The zero-order valence-electron chi connectivity index (χ0n) is 10.9. The second-order valence-corrected chi connectivity index (χ2v) is 6.01. The Morgan fingerprint density at radius 1 is 1.35 bits per heavy atom. The zero-order valence-corrected chi connectivity index (χ0v) is 12.5. The molecule has 110 valence electrons. The molecule has 7 heteroatoms. The Morgan fingerprint density at radius 3 is 2.50 bits per heavy atom. The summed E-state index contributed by atoms with van der Waals surface area (Å²) < 4.78 is 0. The van der Waals surface area contributed by atoms with Gasteiger partial charge in [0.15, 0.2) is 5.60 Å². The largest absolute Gasteiger partial charge is 0.479 e. The Kier molecular flexibility index (Phi) is 6.32. The van der Waals surface area contributed by atoms with Crippen LogP contribution in [0.2, 0.25) is 5.02 Å². The van der Waals surface area contributed by atoms with Gasteiger partial charge < -0.3 is 15.5 Å². The number of carboxylic acids is 1. The molecule has 20 heavy (non-hydrogen) atoms. The van der Waals surface area contributed by atoms with Crippen molar-refractivity contribution in [1.82, 2.24) is 5.32 Å². The monoisotopic (exact) mass is 317 g/mol. The van der Waals surface area contributed by atoms with E-state index >= 15 is 0 Å². The maximum atomic E-state index is 11.5. The molecule has 3 N–H and O–H groups in total. The van der Waals surface area contributed by atoms with Gasteiger partial charge in [-0.15, -0.1) is 11.8 Å². The standard InChI is InChI=1S/C13H16ClNO4S/c1-13(19,12(17)18)8-15-11(16)6-7-20-10-4-2-9(14)3-5-10/h2-5,19H,6-8H2,1H3,(H,15,16)(H,17,18). The van der Waals surface area contributed by atoms with E-state index in [4.69, 9.17) is 16.7 Å². The van der Waals surface area contributed by atoms with Crippen LogP contribution in [0.25, 0.3) is 0 Å². The number of benzene rings is 1. The van der Waals surface area contributed by atoms with Crippen LogP contribution in [0, 0.1) is 0 Å². The van der Waals surface area contributed by atoms with E-state index in [9.17, 15) is 14.7 Å². The topological polar surface area (TPSA) is 86.6 Å². The van der Waals surface area contributed by atoms with E-state index in [-0.39, 0.29) is 18.9 Å². The molecule has 0 aliphatic carbocycles. The van der Waals surface area contributed by atoms with Crippen molar-refractivity contribution in [3.63, 3.8) is 0 Å². The van der Waals surface area contributed by atoms with Gasteiger partial charge in [-0.2, -0.15) is 0 Å². The summed E-state index contributed by atoms with van der Waals surface area (Å²) in [6.45, 7) is 0.824. The molecule has 0 aromatic heterocycles. The molecule has 0 bridgehead atoms. The highest BCUT2D eigenvalue weighted by Gasteiger charge is 2.30. The number of carboxylic acid groups (broad SMARTS) is 1. The first-order valence-electron chi connectivity index (χ1n) is 5.92. The van der Waals surface area contributed by atoms with Gasteiger partial charge in [-0.3, -0.25) is 4.79 Å². The lowest BCUT2D eigenvalue weighted by molar-refractivity contribution is -0.156. The van der Waals surface area contributed by atoms with Crippen molar-refractivity contribution in [2.75, 3.05) is 12.3 Å². The maximum absolute atomic E-state index is 11.5. The van der Waals surface area contributed by atoms with E-state index in [0.717, 1.165) is 11.8 Å². The second kappa shape index (κ2) is 7.52. The molecule has 1 amide bonds. The number of aliphatic hydroxyl groups is 1. The molecule has 1 aromatic rings. The molecule has 1 atom stereocenters. The molecule has 1 rings (SSSR count). The fourth-order valence-corrected chi connectivity index (χ4v) is 2.20. The van der Waals surface area contributed by atoms with E-state index in [1.807, 2.05) is 12.1 Å². The summed E-state index contributed by atoms with van der Waals surface area (Å²) >= 11 is 7.26. The van der Waals surface area contributed by atoms with Gasteiger partial charge >= 0.3 is 5.97 Å². The Balaban J connectivity index is 2.27. The number of amides is 1. The van der Waals surface area contributed by atoms with E-state index in [1.54, 1.807) is 12.1 Å². The van der Waals surface area contributed by atoms with Crippen LogP contribution >= 0.6 is 23.4 Å². The van der Waals surface area contributed by atoms with Crippen molar-refractivity contribution in [2.24, 2.45) is 0 Å². The summed E-state index contributed by atoms with van der Waals surface area (Å²) in [5, 5.41) is 21.2. The summed E-state index contributed by atoms with van der Waals surface area (Å²) in [5.74, 6) is -1.11. The summed E-state index contributed by atoms with van der Waals surface area (Å²) in [4.78, 5) is 23.2. The third kappa shape index (κ3) is 5.81. The van der Waals surface area contributed by atoms with E-state index in [2.05, 4.69) is 5.32 Å². The average molecular weight is 318 g/mol. The highest BCUT2D eigenvalue weighted by Crippen LogP contribution is 2.20. The average Bonchev–Trinajstić information content (AvgIpc) is 2.39. The number of carbonyl (C=O) groups is 2. The molecule has 0 heterocycles. The van der Waals surface area contributed by atoms with Gasteiger partial charge in [-0.1, -0.05) is 11.6 Å². The molecular weight excluding hydrogens is 302 g/mol. The van der Waals surface area contributed by atoms with Crippen LogP contribution in [0.5, 0.6) is 0 Å². The van der Waals surface area contributed by atoms with Crippen LogP contribution in [0.4, 0.5) is 0 Å². The number of nitrogens with one attached hydrogen (secondary N) is 1. The Labute approximate surface area is 126 Å². The molecule has 1 aromatic carbocycles. The van der Waals surface area contributed by atoms with Crippen molar-refractivity contribution in [1.29, 1.82) is 0 Å². The van der Waals surface area contributed by atoms with Gasteiger partial charge in [-0.25, -0.2) is 4.79 Å². The normalized spacial score (nSPS) is 13.6. The number of hydrogen-bond donors (Lipinski definition) is 3. The number of thioether (sulfide) groups is 1. The van der Waals surface area contributed by atoms with Crippen LogP contribution in [-0.4, -0.2) is 40.0 Å². The zero-order chi connectivity index (χ0) is 15.2.